The monoisotopic (exact) mass is 459 g/mol. The van der Waals surface area contributed by atoms with Gasteiger partial charge in [-0.25, -0.2) is 4.98 Å². The van der Waals surface area contributed by atoms with Gasteiger partial charge in [-0.15, -0.1) is 12.4 Å². The number of nitrogens with one attached hydrogen (secondary N) is 1. The number of amides is 1. The van der Waals surface area contributed by atoms with Crippen LogP contribution in [0, 0.1) is 0 Å². The number of ether oxygens (including phenoxy) is 1. The number of methoxy groups -OCH3 is 1. The fourth-order valence-corrected chi connectivity index (χ4v) is 3.86. The van der Waals surface area contributed by atoms with Gasteiger partial charge >= 0.3 is 0 Å². The van der Waals surface area contributed by atoms with Crippen molar-refractivity contribution in [2.24, 2.45) is 0 Å². The molecule has 172 valence electrons. The number of carbonyl (C=O) groups excluding carboxylic acids is 1. The SMILES string of the molecule is COc1ccc(-c2cccc(C(=O)NC3CCc4ccccc43)n2)cc1N(C)C.Cl.O.O. The van der Waals surface area contributed by atoms with Gasteiger partial charge in [0.1, 0.15) is 11.4 Å². The fourth-order valence-electron chi connectivity index (χ4n) is 3.86. The van der Waals surface area contributed by atoms with E-state index in [9.17, 15) is 4.79 Å². The van der Waals surface area contributed by atoms with Crippen molar-refractivity contribution in [1.29, 1.82) is 0 Å². The summed E-state index contributed by atoms with van der Waals surface area (Å²) in [6.07, 6.45) is 1.92. The summed E-state index contributed by atoms with van der Waals surface area (Å²) in [4.78, 5) is 19.5. The molecule has 1 heterocycles. The third-order valence-corrected chi connectivity index (χ3v) is 5.38. The van der Waals surface area contributed by atoms with Crippen molar-refractivity contribution in [3.63, 3.8) is 0 Å². The van der Waals surface area contributed by atoms with Crippen LogP contribution in [0.3, 0.4) is 0 Å². The largest absolute Gasteiger partial charge is 0.495 e. The van der Waals surface area contributed by atoms with Crippen molar-refractivity contribution in [1.82, 2.24) is 10.3 Å². The van der Waals surface area contributed by atoms with E-state index in [1.54, 1.807) is 13.2 Å². The minimum atomic E-state index is -0.144. The van der Waals surface area contributed by atoms with Crippen molar-refractivity contribution in [3.05, 3.63) is 77.5 Å². The summed E-state index contributed by atoms with van der Waals surface area (Å²) in [6.45, 7) is 0. The summed E-state index contributed by atoms with van der Waals surface area (Å²) in [7, 11) is 5.60. The predicted molar refractivity (Wildman–Crippen MR) is 130 cm³/mol. The highest BCUT2D eigenvalue weighted by atomic mass is 35.5. The number of benzene rings is 2. The summed E-state index contributed by atoms with van der Waals surface area (Å²) < 4.78 is 5.44. The zero-order chi connectivity index (χ0) is 20.4. The number of fused-ring (bicyclic) bond motifs is 1. The molecule has 1 atom stereocenters. The molecule has 32 heavy (non-hydrogen) atoms. The molecule has 1 aromatic heterocycles. The van der Waals surface area contributed by atoms with Crippen LogP contribution in [0.5, 0.6) is 5.75 Å². The zero-order valence-corrected chi connectivity index (χ0v) is 19.2. The third kappa shape index (κ3) is 5.37. The molecule has 0 bridgehead atoms. The molecule has 1 aliphatic rings. The number of nitrogens with zero attached hydrogens (tertiary/aromatic N) is 2. The Hall–Kier alpha value is -3.13. The van der Waals surface area contributed by atoms with Gasteiger partial charge in [-0.1, -0.05) is 30.3 Å². The van der Waals surface area contributed by atoms with Gasteiger partial charge in [-0.2, -0.15) is 0 Å². The highest BCUT2D eigenvalue weighted by Gasteiger charge is 2.24. The topological polar surface area (TPSA) is 117 Å². The van der Waals surface area contributed by atoms with E-state index in [-0.39, 0.29) is 35.3 Å². The number of aromatic nitrogens is 1. The Labute approximate surface area is 194 Å². The van der Waals surface area contributed by atoms with Gasteiger partial charge in [-0.3, -0.25) is 4.79 Å². The van der Waals surface area contributed by atoms with Crippen LogP contribution in [0.25, 0.3) is 11.3 Å². The fraction of sp³-hybridized carbons (Fsp3) is 0.250. The molecule has 4 rings (SSSR count). The van der Waals surface area contributed by atoms with Crippen LogP contribution in [0.2, 0.25) is 0 Å². The molecule has 3 aromatic rings. The van der Waals surface area contributed by atoms with E-state index < -0.39 is 0 Å². The Morgan fingerprint density at radius 2 is 1.81 bits per heavy atom. The predicted octanol–water partition coefficient (Wildman–Crippen LogP) is 3.01. The molecule has 0 saturated carbocycles. The van der Waals surface area contributed by atoms with Crippen LogP contribution < -0.4 is 15.0 Å². The summed E-state index contributed by atoms with van der Waals surface area (Å²) in [5.74, 6) is 0.655. The number of hydrogen-bond acceptors (Lipinski definition) is 4. The van der Waals surface area contributed by atoms with Crippen LogP contribution in [0.15, 0.2) is 60.7 Å². The van der Waals surface area contributed by atoms with Gasteiger partial charge in [0.2, 0.25) is 0 Å². The second-order valence-corrected chi connectivity index (χ2v) is 7.45. The van der Waals surface area contributed by atoms with E-state index in [4.69, 9.17) is 4.74 Å². The first-order chi connectivity index (χ1) is 14.1. The lowest BCUT2D eigenvalue weighted by atomic mass is 10.1. The molecular weight excluding hydrogens is 430 g/mol. The molecule has 0 spiro atoms. The van der Waals surface area contributed by atoms with Gasteiger partial charge in [0.05, 0.1) is 24.5 Å². The normalized spacial score (nSPS) is 13.5. The van der Waals surface area contributed by atoms with Gasteiger partial charge in [0.15, 0.2) is 0 Å². The van der Waals surface area contributed by atoms with E-state index in [1.165, 1.54) is 11.1 Å². The average molecular weight is 460 g/mol. The van der Waals surface area contributed by atoms with Crippen molar-refractivity contribution < 1.29 is 20.5 Å². The van der Waals surface area contributed by atoms with Crippen LogP contribution >= 0.6 is 12.4 Å². The smallest absolute Gasteiger partial charge is 0.270 e. The van der Waals surface area contributed by atoms with Crippen molar-refractivity contribution >= 4 is 24.0 Å². The Kier molecular flexibility index (Phi) is 9.65. The first-order valence-corrected chi connectivity index (χ1v) is 9.78. The second-order valence-electron chi connectivity index (χ2n) is 7.45. The number of hydrogen-bond donors (Lipinski definition) is 1. The lowest BCUT2D eigenvalue weighted by Gasteiger charge is -2.18. The lowest BCUT2D eigenvalue weighted by Crippen LogP contribution is -2.27. The van der Waals surface area contributed by atoms with E-state index in [0.29, 0.717) is 5.69 Å². The van der Waals surface area contributed by atoms with E-state index in [0.717, 1.165) is 35.5 Å². The van der Waals surface area contributed by atoms with Crippen LogP contribution in [0.4, 0.5) is 5.69 Å². The Morgan fingerprint density at radius 1 is 1.06 bits per heavy atom. The number of pyridine rings is 1. The van der Waals surface area contributed by atoms with Gasteiger partial charge in [0, 0.05) is 19.7 Å². The third-order valence-electron chi connectivity index (χ3n) is 5.38. The minimum absolute atomic E-state index is 0. The van der Waals surface area contributed by atoms with Crippen LogP contribution in [0.1, 0.15) is 34.1 Å². The zero-order valence-electron chi connectivity index (χ0n) is 18.4. The first kappa shape index (κ1) is 26.9. The first-order valence-electron chi connectivity index (χ1n) is 9.78. The summed E-state index contributed by atoms with van der Waals surface area (Å²) >= 11 is 0. The lowest BCUT2D eigenvalue weighted by molar-refractivity contribution is 0.0932. The van der Waals surface area contributed by atoms with Crippen molar-refractivity contribution in [2.45, 2.75) is 18.9 Å². The maximum Gasteiger partial charge on any atom is 0.270 e. The molecule has 0 radical (unpaired) electrons. The molecule has 7 nitrogen and oxygen atoms in total. The number of anilines is 1. The maximum absolute atomic E-state index is 12.9. The average Bonchev–Trinajstić information content (AvgIpc) is 3.16. The molecule has 5 N–H and O–H groups in total. The molecule has 1 amide bonds. The van der Waals surface area contributed by atoms with Gasteiger partial charge in [-0.05, 0) is 54.3 Å². The summed E-state index contributed by atoms with van der Waals surface area (Å²) in [5, 5.41) is 3.15. The molecule has 1 unspecified atom stereocenters. The van der Waals surface area contributed by atoms with Gasteiger partial charge in [0.25, 0.3) is 5.91 Å². The molecular formula is C24H30ClN3O4. The molecule has 0 fully saturated rings. The van der Waals surface area contributed by atoms with Crippen LogP contribution in [-0.2, 0) is 6.42 Å². The molecule has 8 heteroatoms. The number of carbonyl (C=O) groups is 1. The van der Waals surface area contributed by atoms with Gasteiger partial charge < -0.3 is 25.9 Å². The molecule has 0 saturated heterocycles. The van der Waals surface area contributed by atoms with E-state index >= 15 is 0 Å². The highest BCUT2D eigenvalue weighted by molar-refractivity contribution is 5.93. The van der Waals surface area contributed by atoms with E-state index in [2.05, 4.69) is 22.4 Å². The second kappa shape index (κ2) is 11.5. The molecule has 2 aromatic carbocycles. The van der Waals surface area contributed by atoms with Crippen molar-refractivity contribution in [3.8, 4) is 17.0 Å². The standard InChI is InChI=1S/C24H25N3O2.ClH.2H2O/c1-27(2)22-15-17(12-14-23(22)29-3)19-9-6-10-21(25-19)24(28)26-20-13-11-16-7-4-5-8-18(16)20;;;/h4-10,12,14-15,20H,11,13H2,1-3H3,(H,26,28);1H;2*1H2. The number of rotatable bonds is 5. The minimum Gasteiger partial charge on any atom is -0.495 e. The number of halogens is 1. The highest BCUT2D eigenvalue weighted by Crippen LogP contribution is 2.32. The molecule has 1 aliphatic carbocycles. The number of aryl methyl sites for hydroxylation is 1. The van der Waals surface area contributed by atoms with Crippen LogP contribution in [-0.4, -0.2) is 43.0 Å². The Balaban J connectivity index is 0.00000171. The van der Waals surface area contributed by atoms with Crippen molar-refractivity contribution in [2.75, 3.05) is 26.1 Å². The molecule has 0 aliphatic heterocycles. The quantitative estimate of drug-likeness (QED) is 0.630. The Morgan fingerprint density at radius 3 is 2.53 bits per heavy atom. The Bertz CT molecular complexity index is 1060. The van der Waals surface area contributed by atoms with E-state index in [1.807, 2.05) is 61.5 Å². The summed E-state index contributed by atoms with van der Waals surface area (Å²) in [6, 6.07) is 19.8. The maximum atomic E-state index is 12.9. The summed E-state index contributed by atoms with van der Waals surface area (Å²) in [5.41, 5.74) is 5.61.